The summed E-state index contributed by atoms with van der Waals surface area (Å²) in [6, 6.07) is 6.02. The molecule has 1 heterocycles. The molecule has 162 valence electrons. The van der Waals surface area contributed by atoms with E-state index < -0.39 is 5.60 Å². The number of aromatic hydroxyl groups is 1. The molecule has 0 spiro atoms. The van der Waals surface area contributed by atoms with E-state index in [9.17, 15) is 14.7 Å². The Morgan fingerprint density at radius 3 is 2.24 bits per heavy atom. The number of hydrogen-bond acceptors (Lipinski definition) is 5. The summed E-state index contributed by atoms with van der Waals surface area (Å²) in [6.45, 7) is 8.40. The zero-order valence-electron chi connectivity index (χ0n) is 17.1. The van der Waals surface area contributed by atoms with Crippen molar-refractivity contribution >= 4 is 41.9 Å². The molecule has 1 aromatic carbocycles. The smallest absolute Gasteiger partial charge is 0.410 e. The first kappa shape index (κ1) is 24.8. The number of nitrogens with zero attached hydrogens (tertiary/aromatic N) is 3. The quantitative estimate of drug-likeness (QED) is 0.241. The van der Waals surface area contributed by atoms with Crippen LogP contribution in [0.25, 0.3) is 0 Å². The number of phenolic OH excluding ortho intramolecular Hbond substituents is 1. The molecule has 0 aromatic heterocycles. The number of piperazine rings is 1. The predicted octanol–water partition coefficient (Wildman–Crippen LogP) is 1.61. The van der Waals surface area contributed by atoms with E-state index in [1.807, 2.05) is 25.7 Å². The molecule has 0 atom stereocenters. The summed E-state index contributed by atoms with van der Waals surface area (Å²) in [5.41, 5.74) is 5.97. The van der Waals surface area contributed by atoms with Crippen molar-refractivity contribution in [2.45, 2.75) is 26.4 Å². The van der Waals surface area contributed by atoms with Gasteiger partial charge >= 0.3 is 6.09 Å². The van der Waals surface area contributed by atoms with Crippen molar-refractivity contribution in [3.05, 3.63) is 29.8 Å². The van der Waals surface area contributed by atoms with Gasteiger partial charge in [0, 0.05) is 38.3 Å². The van der Waals surface area contributed by atoms with E-state index in [1.165, 1.54) is 12.1 Å². The first-order chi connectivity index (χ1) is 13.2. The lowest BCUT2D eigenvalue weighted by Crippen LogP contribution is -2.53. The van der Waals surface area contributed by atoms with E-state index in [4.69, 9.17) is 10.5 Å². The van der Waals surface area contributed by atoms with Crippen LogP contribution in [0.3, 0.4) is 0 Å². The zero-order valence-corrected chi connectivity index (χ0v) is 19.4. The van der Waals surface area contributed by atoms with E-state index in [0.29, 0.717) is 50.8 Å². The van der Waals surface area contributed by atoms with Gasteiger partial charge in [0.25, 0.3) is 5.91 Å². The molecule has 1 aliphatic rings. The summed E-state index contributed by atoms with van der Waals surface area (Å²) in [6.07, 6.45) is -0.320. The van der Waals surface area contributed by atoms with E-state index in [2.05, 4.69) is 10.3 Å². The average Bonchev–Trinajstić information content (AvgIpc) is 2.64. The number of aliphatic imine (C=N–C) groups is 1. The van der Waals surface area contributed by atoms with Crippen LogP contribution in [-0.2, 0) is 4.74 Å². The Morgan fingerprint density at radius 2 is 1.69 bits per heavy atom. The van der Waals surface area contributed by atoms with Crippen LogP contribution >= 0.6 is 24.0 Å². The lowest BCUT2D eigenvalue weighted by atomic mass is 10.2. The molecule has 2 amide bonds. The van der Waals surface area contributed by atoms with E-state index in [-0.39, 0.29) is 41.7 Å². The Kier molecular flexibility index (Phi) is 9.47. The Hall–Kier alpha value is -2.24. The van der Waals surface area contributed by atoms with Crippen LogP contribution in [0.1, 0.15) is 31.1 Å². The fraction of sp³-hybridized carbons (Fsp3) is 0.526. The fourth-order valence-corrected chi connectivity index (χ4v) is 2.60. The number of halogens is 1. The van der Waals surface area contributed by atoms with Crippen LogP contribution in [0, 0.1) is 0 Å². The van der Waals surface area contributed by atoms with E-state index in [1.54, 1.807) is 17.0 Å². The molecule has 0 saturated carbocycles. The van der Waals surface area contributed by atoms with Gasteiger partial charge in [0.1, 0.15) is 11.4 Å². The van der Waals surface area contributed by atoms with Gasteiger partial charge in [0.2, 0.25) is 0 Å². The summed E-state index contributed by atoms with van der Waals surface area (Å²) < 4.78 is 5.37. The summed E-state index contributed by atoms with van der Waals surface area (Å²) in [5.74, 6) is 0.267. The third kappa shape index (κ3) is 8.34. The molecular formula is C19H30IN5O4. The summed E-state index contributed by atoms with van der Waals surface area (Å²) in [7, 11) is 0. The van der Waals surface area contributed by atoms with Crippen molar-refractivity contribution in [2.24, 2.45) is 10.7 Å². The van der Waals surface area contributed by atoms with Gasteiger partial charge in [0.15, 0.2) is 5.96 Å². The molecule has 1 aliphatic heterocycles. The lowest BCUT2D eigenvalue weighted by Gasteiger charge is -2.36. The zero-order chi connectivity index (χ0) is 20.7. The van der Waals surface area contributed by atoms with Crippen LogP contribution in [-0.4, -0.2) is 77.7 Å². The number of guanidine groups is 1. The van der Waals surface area contributed by atoms with E-state index >= 15 is 0 Å². The van der Waals surface area contributed by atoms with Gasteiger partial charge in [-0.2, -0.15) is 0 Å². The molecule has 10 heteroatoms. The number of amides is 2. The van der Waals surface area contributed by atoms with Crippen LogP contribution in [0.15, 0.2) is 29.3 Å². The summed E-state index contributed by atoms with van der Waals surface area (Å²) >= 11 is 0. The molecule has 29 heavy (non-hydrogen) atoms. The Bertz CT molecular complexity index is 710. The number of carbonyl (C=O) groups is 2. The number of nitrogens with two attached hydrogens (primary N) is 1. The maximum absolute atomic E-state index is 12.1. The third-order valence-corrected chi connectivity index (χ3v) is 4.06. The second-order valence-corrected chi connectivity index (χ2v) is 7.50. The van der Waals surface area contributed by atoms with Crippen molar-refractivity contribution in [3.63, 3.8) is 0 Å². The minimum Gasteiger partial charge on any atom is -0.508 e. The van der Waals surface area contributed by atoms with Crippen LogP contribution in [0.4, 0.5) is 4.79 Å². The normalized spacial score (nSPS) is 14.8. The van der Waals surface area contributed by atoms with Gasteiger partial charge in [0.05, 0.1) is 6.54 Å². The number of nitrogens with one attached hydrogen (secondary N) is 1. The largest absolute Gasteiger partial charge is 0.508 e. The standard InChI is InChI=1S/C19H29N5O4.HI/c1-19(2,3)28-18(27)24-12-10-23(11-13-24)17(20)22-9-8-21-16(26)14-4-6-15(25)7-5-14;/h4-7,25H,8-13H2,1-3H3,(H2,20,22)(H,21,26);1H. The molecule has 0 unspecified atom stereocenters. The van der Waals surface area contributed by atoms with Crippen molar-refractivity contribution < 1.29 is 19.4 Å². The number of rotatable bonds is 4. The second-order valence-electron chi connectivity index (χ2n) is 7.50. The van der Waals surface area contributed by atoms with Crippen LogP contribution in [0.5, 0.6) is 5.75 Å². The Labute approximate surface area is 188 Å². The van der Waals surface area contributed by atoms with Gasteiger partial charge in [-0.25, -0.2) is 4.79 Å². The molecule has 0 bridgehead atoms. The van der Waals surface area contributed by atoms with Crippen molar-refractivity contribution in [1.82, 2.24) is 15.1 Å². The summed E-state index contributed by atoms with van der Waals surface area (Å²) in [4.78, 5) is 31.9. The fourth-order valence-electron chi connectivity index (χ4n) is 2.60. The van der Waals surface area contributed by atoms with E-state index in [0.717, 1.165) is 0 Å². The maximum atomic E-state index is 12.1. The molecule has 9 nitrogen and oxygen atoms in total. The summed E-state index contributed by atoms with van der Waals surface area (Å²) in [5, 5.41) is 12.0. The number of ether oxygens (including phenoxy) is 1. The predicted molar refractivity (Wildman–Crippen MR) is 122 cm³/mol. The minimum absolute atomic E-state index is 0. The number of phenols is 1. The molecule has 1 saturated heterocycles. The van der Waals surface area contributed by atoms with Gasteiger partial charge in [-0.1, -0.05) is 0 Å². The van der Waals surface area contributed by atoms with Gasteiger partial charge in [-0.3, -0.25) is 9.79 Å². The number of hydrogen-bond donors (Lipinski definition) is 3. The molecule has 2 rings (SSSR count). The minimum atomic E-state index is -0.515. The monoisotopic (exact) mass is 519 g/mol. The van der Waals surface area contributed by atoms with Crippen LogP contribution < -0.4 is 11.1 Å². The van der Waals surface area contributed by atoms with Gasteiger partial charge in [-0.15, -0.1) is 24.0 Å². The highest BCUT2D eigenvalue weighted by Gasteiger charge is 2.26. The van der Waals surface area contributed by atoms with Gasteiger partial charge in [-0.05, 0) is 45.0 Å². The second kappa shape index (κ2) is 11.1. The lowest BCUT2D eigenvalue weighted by molar-refractivity contribution is 0.0186. The maximum Gasteiger partial charge on any atom is 0.410 e. The molecule has 0 radical (unpaired) electrons. The number of carbonyl (C=O) groups excluding carboxylic acids is 2. The highest BCUT2D eigenvalue weighted by atomic mass is 127. The molecule has 1 fully saturated rings. The van der Waals surface area contributed by atoms with Crippen molar-refractivity contribution in [1.29, 1.82) is 0 Å². The highest BCUT2D eigenvalue weighted by molar-refractivity contribution is 14.0. The molecule has 1 aromatic rings. The highest BCUT2D eigenvalue weighted by Crippen LogP contribution is 2.12. The van der Waals surface area contributed by atoms with Crippen molar-refractivity contribution in [3.8, 4) is 5.75 Å². The first-order valence-electron chi connectivity index (χ1n) is 9.26. The third-order valence-electron chi connectivity index (χ3n) is 4.06. The average molecular weight is 519 g/mol. The Morgan fingerprint density at radius 1 is 1.14 bits per heavy atom. The topological polar surface area (TPSA) is 120 Å². The molecule has 4 N–H and O–H groups in total. The SMILES string of the molecule is CC(C)(C)OC(=O)N1CCN(C(N)=NCCNC(=O)c2ccc(O)cc2)CC1.I. The van der Waals surface area contributed by atoms with Crippen molar-refractivity contribution in [2.75, 3.05) is 39.3 Å². The first-order valence-corrected chi connectivity index (χ1v) is 9.26. The van der Waals surface area contributed by atoms with Crippen LogP contribution in [0.2, 0.25) is 0 Å². The molecule has 0 aliphatic carbocycles. The Balaban J connectivity index is 0.00000420. The van der Waals surface area contributed by atoms with Gasteiger partial charge < -0.3 is 30.7 Å². The number of benzene rings is 1. The molecular weight excluding hydrogens is 489 g/mol.